The maximum Gasteiger partial charge on any atom is 0.335 e. The Kier molecular flexibility index (Phi) is 3.51. The molecule has 1 aromatic rings. The van der Waals surface area contributed by atoms with Crippen LogP contribution in [0.2, 0.25) is 0 Å². The van der Waals surface area contributed by atoms with Crippen LogP contribution in [0.4, 0.5) is 0 Å². The van der Waals surface area contributed by atoms with Crippen molar-refractivity contribution in [2.45, 2.75) is 18.6 Å². The Balaban J connectivity index is 2.00. The highest BCUT2D eigenvalue weighted by Gasteiger charge is 2.53. The highest BCUT2D eigenvalue weighted by atomic mass is 16.7. The fraction of sp³-hybridized carbons (Fsp3) is 0.375. The zero-order valence-corrected chi connectivity index (χ0v) is 11.9. The topological polar surface area (TPSA) is 55.8 Å². The van der Waals surface area contributed by atoms with Gasteiger partial charge in [0.2, 0.25) is 5.78 Å². The second-order valence-corrected chi connectivity index (χ2v) is 5.16. The fourth-order valence-electron chi connectivity index (χ4n) is 2.87. The molecule has 5 nitrogen and oxygen atoms in total. The molecule has 0 N–H and O–H groups in total. The zero-order valence-electron chi connectivity index (χ0n) is 11.9. The average molecular weight is 287 g/mol. The van der Waals surface area contributed by atoms with Crippen molar-refractivity contribution in [2.75, 3.05) is 20.2 Å². The van der Waals surface area contributed by atoms with E-state index in [1.165, 1.54) is 13.2 Å². The summed E-state index contributed by atoms with van der Waals surface area (Å²) >= 11 is 0. The number of carbonyl (C=O) groups excluding carboxylic acids is 2. The van der Waals surface area contributed by atoms with Gasteiger partial charge in [-0.05, 0) is 12.8 Å². The van der Waals surface area contributed by atoms with Crippen LogP contribution < -0.4 is 0 Å². The summed E-state index contributed by atoms with van der Waals surface area (Å²) in [6, 6.07) is 8.75. The molecule has 5 heteroatoms. The third kappa shape index (κ3) is 2.23. The highest BCUT2D eigenvalue weighted by molar-refractivity contribution is 6.07. The van der Waals surface area contributed by atoms with Gasteiger partial charge in [0.1, 0.15) is 5.70 Å². The number of hydrogen-bond donors (Lipinski definition) is 0. The monoisotopic (exact) mass is 287 g/mol. The summed E-state index contributed by atoms with van der Waals surface area (Å²) in [5.41, 5.74) is 0.973. The molecule has 0 spiro atoms. The fourth-order valence-corrected chi connectivity index (χ4v) is 2.87. The van der Waals surface area contributed by atoms with Crippen LogP contribution in [-0.4, -0.2) is 42.6 Å². The molecule has 2 aliphatic heterocycles. The van der Waals surface area contributed by atoms with E-state index in [0.29, 0.717) is 11.3 Å². The molecule has 0 saturated carbocycles. The van der Waals surface area contributed by atoms with Crippen molar-refractivity contribution in [3.8, 4) is 0 Å². The lowest BCUT2D eigenvalue weighted by Gasteiger charge is -2.32. The first-order valence-electron chi connectivity index (χ1n) is 7.02. The molecule has 1 atom stereocenters. The highest BCUT2D eigenvalue weighted by Crippen LogP contribution is 2.36. The van der Waals surface area contributed by atoms with E-state index in [2.05, 4.69) is 0 Å². The minimum Gasteiger partial charge on any atom is -0.416 e. The van der Waals surface area contributed by atoms with E-state index < -0.39 is 11.8 Å². The second-order valence-electron chi connectivity index (χ2n) is 5.16. The molecule has 21 heavy (non-hydrogen) atoms. The van der Waals surface area contributed by atoms with Gasteiger partial charge in [-0.3, -0.25) is 4.79 Å². The van der Waals surface area contributed by atoms with Crippen LogP contribution in [-0.2, 0) is 14.3 Å². The van der Waals surface area contributed by atoms with Crippen molar-refractivity contribution in [2.24, 2.45) is 0 Å². The average Bonchev–Trinajstić information content (AvgIpc) is 3.15. The number of Topliss-reactive ketones (excluding diaryl/α,β-unsaturated/α-hetero) is 1. The Labute approximate surface area is 123 Å². The van der Waals surface area contributed by atoms with Crippen LogP contribution in [0.1, 0.15) is 23.2 Å². The van der Waals surface area contributed by atoms with Crippen LogP contribution in [0, 0.1) is 0 Å². The first-order chi connectivity index (χ1) is 10.2. The Hall–Kier alpha value is -2.14. The van der Waals surface area contributed by atoms with Gasteiger partial charge in [-0.2, -0.15) is 0 Å². The van der Waals surface area contributed by atoms with Crippen molar-refractivity contribution in [3.63, 3.8) is 0 Å². The van der Waals surface area contributed by atoms with Crippen LogP contribution in [0.15, 0.2) is 42.1 Å². The first-order valence-corrected chi connectivity index (χ1v) is 7.02. The molecule has 3 rings (SSSR count). The van der Waals surface area contributed by atoms with Gasteiger partial charge in [-0.15, -0.1) is 0 Å². The van der Waals surface area contributed by atoms with Gasteiger partial charge in [-0.1, -0.05) is 30.3 Å². The number of carbonyl (C=O) groups is 2. The summed E-state index contributed by atoms with van der Waals surface area (Å²) in [5.74, 6) is -2.54. The van der Waals surface area contributed by atoms with Gasteiger partial charge in [0.15, 0.2) is 0 Å². The maximum absolute atomic E-state index is 12.8. The Morgan fingerprint density at radius 3 is 2.52 bits per heavy atom. The standard InChI is InChI=1S/C16H17NO4/c1-20-16(15(19)12-7-3-2-4-8-12)13(11-14(18)21-16)17-9-5-6-10-17/h2-4,7-8,11H,5-6,9-10H2,1H3. The molecule has 0 aromatic heterocycles. The smallest absolute Gasteiger partial charge is 0.335 e. The molecule has 2 aliphatic rings. The van der Waals surface area contributed by atoms with E-state index in [1.54, 1.807) is 24.3 Å². The number of methoxy groups -OCH3 is 1. The van der Waals surface area contributed by atoms with E-state index in [0.717, 1.165) is 25.9 Å². The third-order valence-corrected chi connectivity index (χ3v) is 3.91. The molecular formula is C16H17NO4. The number of nitrogens with zero attached hydrogens (tertiary/aromatic N) is 1. The molecule has 0 radical (unpaired) electrons. The number of esters is 1. The van der Waals surface area contributed by atoms with Crippen LogP contribution >= 0.6 is 0 Å². The van der Waals surface area contributed by atoms with Crippen molar-refractivity contribution in [1.29, 1.82) is 0 Å². The molecule has 1 unspecified atom stereocenters. The van der Waals surface area contributed by atoms with Gasteiger partial charge in [0.05, 0.1) is 0 Å². The SMILES string of the molecule is COC1(C(=O)c2ccccc2)OC(=O)C=C1N1CCCC1. The minimum atomic E-state index is -1.65. The number of ketones is 1. The number of ether oxygens (including phenoxy) is 2. The molecule has 110 valence electrons. The van der Waals surface area contributed by atoms with E-state index in [4.69, 9.17) is 9.47 Å². The van der Waals surface area contributed by atoms with E-state index in [9.17, 15) is 9.59 Å². The lowest BCUT2D eigenvalue weighted by atomic mass is 10.00. The van der Waals surface area contributed by atoms with E-state index in [-0.39, 0.29) is 5.78 Å². The van der Waals surface area contributed by atoms with Gasteiger partial charge in [-0.25, -0.2) is 4.79 Å². The lowest BCUT2D eigenvalue weighted by molar-refractivity contribution is -0.178. The molecule has 1 aromatic carbocycles. The molecular weight excluding hydrogens is 270 g/mol. The Bertz CT molecular complexity index is 590. The first kappa shape index (κ1) is 13.8. The largest absolute Gasteiger partial charge is 0.416 e. The summed E-state index contributed by atoms with van der Waals surface area (Å²) in [6.07, 6.45) is 3.44. The van der Waals surface area contributed by atoms with Crippen LogP contribution in [0.3, 0.4) is 0 Å². The van der Waals surface area contributed by atoms with E-state index in [1.807, 2.05) is 11.0 Å². The number of hydrogen-bond acceptors (Lipinski definition) is 5. The lowest BCUT2D eigenvalue weighted by Crippen LogP contribution is -2.47. The molecule has 0 amide bonds. The van der Waals surface area contributed by atoms with Gasteiger partial charge in [0.25, 0.3) is 0 Å². The normalized spacial score (nSPS) is 24.9. The summed E-state index contributed by atoms with van der Waals surface area (Å²) < 4.78 is 10.7. The van der Waals surface area contributed by atoms with Crippen molar-refractivity contribution >= 4 is 11.8 Å². The maximum atomic E-state index is 12.8. The van der Waals surface area contributed by atoms with Crippen LogP contribution in [0.25, 0.3) is 0 Å². The second kappa shape index (κ2) is 5.33. The van der Waals surface area contributed by atoms with Crippen LogP contribution in [0.5, 0.6) is 0 Å². The zero-order chi connectivity index (χ0) is 14.9. The van der Waals surface area contributed by atoms with Crippen molar-refractivity contribution in [3.05, 3.63) is 47.7 Å². The molecule has 1 fully saturated rings. The van der Waals surface area contributed by atoms with E-state index >= 15 is 0 Å². The number of likely N-dealkylation sites (tertiary alicyclic amines) is 1. The minimum absolute atomic E-state index is 0.352. The van der Waals surface area contributed by atoms with Crippen molar-refractivity contribution < 1.29 is 19.1 Å². The number of cyclic esters (lactones) is 1. The summed E-state index contributed by atoms with van der Waals surface area (Å²) in [7, 11) is 1.39. The van der Waals surface area contributed by atoms with Gasteiger partial charge < -0.3 is 14.4 Å². The van der Waals surface area contributed by atoms with Gasteiger partial charge in [0, 0.05) is 31.8 Å². The quantitative estimate of drug-likeness (QED) is 0.624. The Morgan fingerprint density at radius 1 is 1.24 bits per heavy atom. The Morgan fingerprint density at radius 2 is 1.90 bits per heavy atom. The number of benzene rings is 1. The predicted molar refractivity (Wildman–Crippen MR) is 75.5 cm³/mol. The molecule has 0 aliphatic carbocycles. The third-order valence-electron chi connectivity index (χ3n) is 3.91. The summed E-state index contributed by atoms with van der Waals surface area (Å²) in [5, 5.41) is 0. The summed E-state index contributed by atoms with van der Waals surface area (Å²) in [4.78, 5) is 26.6. The van der Waals surface area contributed by atoms with Gasteiger partial charge >= 0.3 is 11.8 Å². The van der Waals surface area contributed by atoms with Crippen molar-refractivity contribution in [1.82, 2.24) is 4.90 Å². The molecule has 1 saturated heterocycles. The molecule has 2 heterocycles. The predicted octanol–water partition coefficient (Wildman–Crippen LogP) is 1.75. The molecule has 0 bridgehead atoms. The summed E-state index contributed by atoms with van der Waals surface area (Å²) in [6.45, 7) is 1.60. The number of rotatable bonds is 4.